The second-order valence-corrected chi connectivity index (χ2v) is 8.64. The van der Waals surface area contributed by atoms with Crippen molar-refractivity contribution in [1.82, 2.24) is 14.5 Å². The number of carbonyl (C=O) groups excluding carboxylic acids is 1. The Morgan fingerprint density at radius 2 is 2.07 bits per heavy atom. The molecule has 1 amide bonds. The molecule has 0 saturated carbocycles. The molecule has 0 N–H and O–H groups in total. The van der Waals surface area contributed by atoms with E-state index in [-0.39, 0.29) is 24.1 Å². The second kappa shape index (κ2) is 8.05. The number of halogens is 1. The Kier molecular flexibility index (Phi) is 5.51. The molecule has 146 valence electrons. The first-order valence-electron chi connectivity index (χ1n) is 9.61. The van der Waals surface area contributed by atoms with Crippen LogP contribution in [0.1, 0.15) is 32.6 Å². The van der Waals surface area contributed by atoms with Gasteiger partial charge in [-0.3, -0.25) is 14.2 Å². The van der Waals surface area contributed by atoms with Crippen molar-refractivity contribution in [1.29, 1.82) is 0 Å². The highest BCUT2D eigenvalue weighted by Crippen LogP contribution is 2.31. The third kappa shape index (κ3) is 3.71. The number of carbonyl (C=O) groups is 1. The molecule has 1 atom stereocenters. The molecule has 4 rings (SSSR count). The Balaban J connectivity index is 1.61. The summed E-state index contributed by atoms with van der Waals surface area (Å²) in [5.74, 6) is 0.00396. The van der Waals surface area contributed by atoms with Gasteiger partial charge in [0.1, 0.15) is 11.2 Å². The molecule has 3 aromatic rings. The van der Waals surface area contributed by atoms with Crippen LogP contribution in [0.2, 0.25) is 5.02 Å². The minimum Gasteiger partial charge on any atom is -0.338 e. The van der Waals surface area contributed by atoms with Gasteiger partial charge in [0.25, 0.3) is 5.56 Å². The fourth-order valence-corrected chi connectivity index (χ4v) is 5.00. The minimum atomic E-state index is -0.159. The lowest BCUT2D eigenvalue weighted by molar-refractivity contribution is -0.135. The van der Waals surface area contributed by atoms with Crippen LogP contribution in [0.5, 0.6) is 0 Å². The summed E-state index contributed by atoms with van der Waals surface area (Å²) in [6.45, 7) is 2.94. The number of aromatic nitrogens is 2. The first kappa shape index (κ1) is 19.2. The number of hydrogen-bond donors (Lipinski definition) is 0. The van der Waals surface area contributed by atoms with Crippen LogP contribution in [-0.4, -0.2) is 32.9 Å². The molecule has 0 spiro atoms. The molecule has 1 fully saturated rings. The highest BCUT2D eigenvalue weighted by Gasteiger charge is 2.25. The smallest absolute Gasteiger partial charge is 0.271 e. The Morgan fingerprint density at radius 1 is 1.29 bits per heavy atom. The van der Waals surface area contributed by atoms with Crippen LogP contribution in [0.3, 0.4) is 0 Å². The number of thiophene rings is 1. The van der Waals surface area contributed by atoms with Crippen LogP contribution in [-0.2, 0) is 11.3 Å². The first-order valence-corrected chi connectivity index (χ1v) is 10.8. The van der Waals surface area contributed by atoms with Gasteiger partial charge in [0.15, 0.2) is 0 Å². The van der Waals surface area contributed by atoms with Gasteiger partial charge in [0.05, 0.1) is 11.8 Å². The Labute approximate surface area is 172 Å². The predicted molar refractivity (Wildman–Crippen MR) is 114 cm³/mol. The van der Waals surface area contributed by atoms with E-state index >= 15 is 0 Å². The number of likely N-dealkylation sites (tertiary alicyclic amines) is 1. The minimum absolute atomic E-state index is 0.00396. The summed E-state index contributed by atoms with van der Waals surface area (Å²) in [5, 5.41) is 0.673. The number of rotatable bonds is 4. The van der Waals surface area contributed by atoms with E-state index < -0.39 is 0 Å². The van der Waals surface area contributed by atoms with E-state index in [4.69, 9.17) is 11.6 Å². The lowest BCUT2D eigenvalue weighted by Crippen LogP contribution is -2.45. The standard InChI is InChI=1S/C21H22ClN3O2S/c1-2-16-5-3-4-10-25(16)19(26)12-24-13-23-17-11-18(28-20(17)21(24)27)14-6-8-15(22)9-7-14/h6-9,11,13,16H,2-5,10,12H2,1H3/t16-/m0/s1. The topological polar surface area (TPSA) is 55.2 Å². The Morgan fingerprint density at radius 3 is 2.82 bits per heavy atom. The summed E-state index contributed by atoms with van der Waals surface area (Å²) >= 11 is 7.36. The molecule has 0 radical (unpaired) electrons. The van der Waals surface area contributed by atoms with Crippen molar-refractivity contribution in [2.24, 2.45) is 0 Å². The maximum absolute atomic E-state index is 12.9. The zero-order valence-electron chi connectivity index (χ0n) is 15.7. The van der Waals surface area contributed by atoms with E-state index in [9.17, 15) is 9.59 Å². The SMILES string of the molecule is CC[C@H]1CCCCN1C(=O)Cn1cnc2cc(-c3ccc(Cl)cc3)sc2c1=O. The summed E-state index contributed by atoms with van der Waals surface area (Å²) in [6.07, 6.45) is 5.69. The highest BCUT2D eigenvalue weighted by atomic mass is 35.5. The Bertz CT molecular complexity index is 1060. The van der Waals surface area contributed by atoms with E-state index in [0.29, 0.717) is 15.2 Å². The lowest BCUT2D eigenvalue weighted by Gasteiger charge is -2.35. The predicted octanol–water partition coefficient (Wildman–Crippen LogP) is 4.57. The quantitative estimate of drug-likeness (QED) is 0.627. The fraction of sp³-hybridized carbons (Fsp3) is 0.381. The Hall–Kier alpha value is -2.18. The van der Waals surface area contributed by atoms with Crippen LogP contribution < -0.4 is 5.56 Å². The van der Waals surface area contributed by atoms with Crippen molar-refractivity contribution >= 4 is 39.1 Å². The van der Waals surface area contributed by atoms with Crippen molar-refractivity contribution in [3.63, 3.8) is 0 Å². The number of piperidine rings is 1. The highest BCUT2D eigenvalue weighted by molar-refractivity contribution is 7.22. The zero-order chi connectivity index (χ0) is 19.7. The third-order valence-corrected chi connectivity index (χ3v) is 6.77. The van der Waals surface area contributed by atoms with Crippen LogP contribution in [0.15, 0.2) is 41.5 Å². The number of benzene rings is 1. The van der Waals surface area contributed by atoms with Crippen LogP contribution >= 0.6 is 22.9 Å². The number of fused-ring (bicyclic) bond motifs is 1. The molecule has 1 saturated heterocycles. The van der Waals surface area contributed by atoms with E-state index in [1.165, 1.54) is 28.7 Å². The molecule has 3 heterocycles. The van der Waals surface area contributed by atoms with Gasteiger partial charge in [-0.25, -0.2) is 4.98 Å². The maximum atomic E-state index is 12.9. The number of amides is 1. The summed E-state index contributed by atoms with van der Waals surface area (Å²) in [5.41, 5.74) is 1.50. The van der Waals surface area contributed by atoms with E-state index in [2.05, 4.69) is 11.9 Å². The molecule has 1 aliphatic heterocycles. The van der Waals surface area contributed by atoms with Crippen LogP contribution in [0.4, 0.5) is 0 Å². The molecular weight excluding hydrogens is 394 g/mol. The molecule has 2 aromatic heterocycles. The molecule has 0 unspecified atom stereocenters. The molecule has 1 aliphatic rings. The largest absolute Gasteiger partial charge is 0.338 e. The molecule has 0 aliphatic carbocycles. The number of hydrogen-bond acceptors (Lipinski definition) is 4. The first-order chi connectivity index (χ1) is 13.6. The molecule has 0 bridgehead atoms. The summed E-state index contributed by atoms with van der Waals surface area (Å²) in [4.78, 5) is 33.1. The molecule has 1 aromatic carbocycles. The van der Waals surface area contributed by atoms with Gasteiger partial charge in [-0.15, -0.1) is 11.3 Å². The molecule has 28 heavy (non-hydrogen) atoms. The van der Waals surface area contributed by atoms with E-state index in [1.807, 2.05) is 35.2 Å². The summed E-state index contributed by atoms with van der Waals surface area (Å²) in [7, 11) is 0. The van der Waals surface area contributed by atoms with Gasteiger partial charge in [0.2, 0.25) is 5.91 Å². The summed E-state index contributed by atoms with van der Waals surface area (Å²) < 4.78 is 2.01. The van der Waals surface area contributed by atoms with Gasteiger partial charge in [-0.1, -0.05) is 30.7 Å². The number of nitrogens with zero attached hydrogens (tertiary/aromatic N) is 3. The fourth-order valence-electron chi connectivity index (χ4n) is 3.80. The molecule has 7 heteroatoms. The lowest BCUT2D eigenvalue weighted by atomic mass is 10.00. The normalized spacial score (nSPS) is 17.2. The van der Waals surface area contributed by atoms with Crippen molar-refractivity contribution in [2.45, 2.75) is 45.2 Å². The maximum Gasteiger partial charge on any atom is 0.271 e. The van der Waals surface area contributed by atoms with Crippen LogP contribution in [0.25, 0.3) is 20.7 Å². The molecular formula is C21H22ClN3O2S. The van der Waals surface area contributed by atoms with Crippen molar-refractivity contribution in [3.8, 4) is 10.4 Å². The van der Waals surface area contributed by atoms with Crippen molar-refractivity contribution < 1.29 is 4.79 Å². The van der Waals surface area contributed by atoms with Gasteiger partial charge in [0, 0.05) is 22.5 Å². The van der Waals surface area contributed by atoms with Gasteiger partial charge >= 0.3 is 0 Å². The van der Waals surface area contributed by atoms with Gasteiger partial charge < -0.3 is 4.90 Å². The van der Waals surface area contributed by atoms with Crippen LogP contribution in [0, 0.1) is 0 Å². The van der Waals surface area contributed by atoms with E-state index in [0.717, 1.165) is 36.2 Å². The van der Waals surface area contributed by atoms with Gasteiger partial charge in [-0.05, 0) is 49.4 Å². The van der Waals surface area contributed by atoms with E-state index in [1.54, 1.807) is 0 Å². The average molecular weight is 416 g/mol. The van der Waals surface area contributed by atoms with Crippen molar-refractivity contribution in [3.05, 3.63) is 52.0 Å². The summed E-state index contributed by atoms with van der Waals surface area (Å²) in [6, 6.07) is 9.70. The zero-order valence-corrected chi connectivity index (χ0v) is 17.3. The van der Waals surface area contributed by atoms with Gasteiger partial charge in [-0.2, -0.15) is 0 Å². The monoisotopic (exact) mass is 415 g/mol. The second-order valence-electron chi connectivity index (χ2n) is 7.15. The van der Waals surface area contributed by atoms with Crippen molar-refractivity contribution in [2.75, 3.05) is 6.54 Å². The third-order valence-electron chi connectivity index (χ3n) is 5.36. The molecule has 5 nitrogen and oxygen atoms in total. The average Bonchev–Trinajstić information content (AvgIpc) is 3.15.